The predicted molar refractivity (Wildman–Crippen MR) is 115 cm³/mol. The van der Waals surface area contributed by atoms with Crippen LogP contribution >= 0.6 is 0 Å². The molecule has 0 bridgehead atoms. The maximum atomic E-state index is 13.2. The van der Waals surface area contributed by atoms with Crippen LogP contribution in [0.4, 0.5) is 0 Å². The predicted octanol–water partition coefficient (Wildman–Crippen LogP) is 3.50. The van der Waals surface area contributed by atoms with Crippen molar-refractivity contribution < 1.29 is 13.2 Å². The van der Waals surface area contributed by atoms with E-state index in [0.717, 1.165) is 35.0 Å². The smallest absolute Gasteiger partial charge is 0.241 e. The minimum absolute atomic E-state index is 0.287. The van der Waals surface area contributed by atoms with Crippen LogP contribution in [0.25, 0.3) is 10.8 Å². The van der Waals surface area contributed by atoms with Crippen molar-refractivity contribution in [2.24, 2.45) is 0 Å². The van der Waals surface area contributed by atoms with E-state index in [1.807, 2.05) is 61.5 Å². The molecule has 0 aliphatic carbocycles. The third-order valence-electron chi connectivity index (χ3n) is 5.35. The number of nitrogens with zero attached hydrogens (tertiary/aromatic N) is 1. The Balaban J connectivity index is 1.62. The summed E-state index contributed by atoms with van der Waals surface area (Å²) in [6, 6.07) is 20.8. The van der Waals surface area contributed by atoms with Gasteiger partial charge in [-0.25, -0.2) is 13.1 Å². The Morgan fingerprint density at radius 3 is 2.38 bits per heavy atom. The van der Waals surface area contributed by atoms with E-state index in [0.29, 0.717) is 19.8 Å². The molecule has 5 nitrogen and oxygen atoms in total. The van der Waals surface area contributed by atoms with Crippen molar-refractivity contribution in [2.45, 2.75) is 17.9 Å². The van der Waals surface area contributed by atoms with Gasteiger partial charge < -0.3 is 4.74 Å². The van der Waals surface area contributed by atoms with Crippen LogP contribution in [0.5, 0.6) is 0 Å². The second kappa shape index (κ2) is 8.63. The van der Waals surface area contributed by atoms with E-state index in [2.05, 4.69) is 9.62 Å². The third-order valence-corrected chi connectivity index (χ3v) is 6.82. The normalized spacial score (nSPS) is 16.7. The number of ether oxygens (including phenoxy) is 1. The van der Waals surface area contributed by atoms with Gasteiger partial charge in [-0.3, -0.25) is 4.90 Å². The molecule has 0 radical (unpaired) electrons. The third kappa shape index (κ3) is 4.85. The highest BCUT2D eigenvalue weighted by molar-refractivity contribution is 7.89. The Hall–Kier alpha value is -2.25. The SMILES string of the molecule is Cc1ccc(C(CN2CCOCC2)NS(=O)(=O)c2ccc3ccccc3c2)cc1. The summed E-state index contributed by atoms with van der Waals surface area (Å²) in [7, 11) is -3.67. The Morgan fingerprint density at radius 1 is 0.966 bits per heavy atom. The highest BCUT2D eigenvalue weighted by Gasteiger charge is 2.24. The van der Waals surface area contributed by atoms with Crippen LogP contribution in [0.3, 0.4) is 0 Å². The minimum Gasteiger partial charge on any atom is -0.379 e. The zero-order valence-corrected chi connectivity index (χ0v) is 17.4. The van der Waals surface area contributed by atoms with E-state index < -0.39 is 10.0 Å². The van der Waals surface area contributed by atoms with Crippen molar-refractivity contribution in [3.63, 3.8) is 0 Å². The maximum absolute atomic E-state index is 13.2. The molecule has 1 unspecified atom stereocenters. The molecule has 1 saturated heterocycles. The second-order valence-corrected chi connectivity index (χ2v) is 9.22. The van der Waals surface area contributed by atoms with Gasteiger partial charge in [-0.2, -0.15) is 0 Å². The van der Waals surface area contributed by atoms with Crippen molar-refractivity contribution in [3.8, 4) is 0 Å². The van der Waals surface area contributed by atoms with Gasteiger partial charge in [-0.05, 0) is 35.4 Å². The zero-order valence-electron chi connectivity index (χ0n) is 16.5. The zero-order chi connectivity index (χ0) is 20.3. The van der Waals surface area contributed by atoms with Crippen LogP contribution in [0.15, 0.2) is 71.6 Å². The number of fused-ring (bicyclic) bond motifs is 1. The molecule has 3 aromatic rings. The topological polar surface area (TPSA) is 58.6 Å². The van der Waals surface area contributed by atoms with E-state index in [9.17, 15) is 8.42 Å². The fraction of sp³-hybridized carbons (Fsp3) is 0.304. The molecule has 4 rings (SSSR count). The molecule has 0 amide bonds. The summed E-state index contributed by atoms with van der Waals surface area (Å²) >= 11 is 0. The number of benzene rings is 3. The Labute approximate surface area is 172 Å². The van der Waals surface area contributed by atoms with Gasteiger partial charge in [0.1, 0.15) is 0 Å². The number of hydrogen-bond acceptors (Lipinski definition) is 4. The molecule has 0 saturated carbocycles. The first-order valence-corrected chi connectivity index (χ1v) is 11.4. The molecular weight excluding hydrogens is 384 g/mol. The van der Waals surface area contributed by atoms with Crippen molar-refractivity contribution in [2.75, 3.05) is 32.8 Å². The molecule has 1 atom stereocenters. The molecule has 3 aromatic carbocycles. The van der Waals surface area contributed by atoms with Crippen molar-refractivity contribution >= 4 is 20.8 Å². The van der Waals surface area contributed by atoms with Crippen molar-refractivity contribution in [1.82, 2.24) is 9.62 Å². The fourth-order valence-corrected chi connectivity index (χ4v) is 4.89. The van der Waals surface area contributed by atoms with Crippen LogP contribution in [-0.4, -0.2) is 46.2 Å². The quantitative estimate of drug-likeness (QED) is 0.676. The van der Waals surface area contributed by atoms with E-state index in [-0.39, 0.29) is 10.9 Å². The van der Waals surface area contributed by atoms with Crippen molar-refractivity contribution in [1.29, 1.82) is 0 Å². The fourth-order valence-electron chi connectivity index (χ4n) is 3.64. The van der Waals surface area contributed by atoms with Gasteiger partial charge in [0, 0.05) is 19.6 Å². The van der Waals surface area contributed by atoms with Gasteiger partial charge in [-0.1, -0.05) is 60.2 Å². The molecule has 6 heteroatoms. The largest absolute Gasteiger partial charge is 0.379 e. The minimum atomic E-state index is -3.67. The van der Waals surface area contributed by atoms with E-state index in [1.165, 1.54) is 0 Å². The standard InChI is InChI=1S/C23H26N2O3S/c1-18-6-8-20(9-7-18)23(17-25-12-14-28-15-13-25)24-29(26,27)22-11-10-19-4-2-3-5-21(19)16-22/h2-11,16,23-24H,12-15,17H2,1H3. The average molecular weight is 411 g/mol. The Bertz CT molecular complexity index is 1070. The number of morpholine rings is 1. The van der Waals surface area contributed by atoms with Gasteiger partial charge in [0.05, 0.1) is 24.2 Å². The summed E-state index contributed by atoms with van der Waals surface area (Å²) < 4.78 is 34.8. The van der Waals surface area contributed by atoms with E-state index >= 15 is 0 Å². The number of hydrogen-bond donors (Lipinski definition) is 1. The summed E-state index contributed by atoms with van der Waals surface area (Å²) in [6.45, 7) is 5.61. The molecule has 1 heterocycles. The van der Waals surface area contributed by atoms with Gasteiger partial charge >= 0.3 is 0 Å². The maximum Gasteiger partial charge on any atom is 0.241 e. The molecule has 29 heavy (non-hydrogen) atoms. The first-order valence-electron chi connectivity index (χ1n) is 9.89. The highest BCUT2D eigenvalue weighted by atomic mass is 32.2. The summed E-state index contributed by atoms with van der Waals surface area (Å²) in [4.78, 5) is 2.53. The second-order valence-electron chi connectivity index (χ2n) is 7.51. The molecule has 1 fully saturated rings. The Morgan fingerprint density at radius 2 is 1.66 bits per heavy atom. The van der Waals surface area contributed by atoms with Crippen LogP contribution in [0.1, 0.15) is 17.2 Å². The van der Waals surface area contributed by atoms with Gasteiger partial charge in [-0.15, -0.1) is 0 Å². The lowest BCUT2D eigenvalue weighted by molar-refractivity contribution is 0.0345. The van der Waals surface area contributed by atoms with E-state index in [1.54, 1.807) is 12.1 Å². The van der Waals surface area contributed by atoms with Gasteiger partial charge in [0.25, 0.3) is 0 Å². The number of sulfonamides is 1. The van der Waals surface area contributed by atoms with Crippen LogP contribution in [-0.2, 0) is 14.8 Å². The lowest BCUT2D eigenvalue weighted by Crippen LogP contribution is -2.43. The summed E-state index contributed by atoms with van der Waals surface area (Å²) in [5, 5.41) is 1.94. The first-order chi connectivity index (χ1) is 14.0. The molecule has 1 aliphatic rings. The van der Waals surface area contributed by atoms with E-state index in [4.69, 9.17) is 4.74 Å². The van der Waals surface area contributed by atoms with Crippen LogP contribution in [0, 0.1) is 6.92 Å². The lowest BCUT2D eigenvalue weighted by atomic mass is 10.1. The summed E-state index contributed by atoms with van der Waals surface area (Å²) in [5.41, 5.74) is 2.11. The molecule has 0 aromatic heterocycles. The number of rotatable bonds is 6. The van der Waals surface area contributed by atoms with Crippen LogP contribution in [0.2, 0.25) is 0 Å². The Kier molecular flexibility index (Phi) is 5.96. The number of aryl methyl sites for hydroxylation is 1. The first kappa shape index (κ1) is 20.0. The summed E-state index contributed by atoms with van der Waals surface area (Å²) in [6.07, 6.45) is 0. The summed E-state index contributed by atoms with van der Waals surface area (Å²) in [5.74, 6) is 0. The van der Waals surface area contributed by atoms with Gasteiger partial charge in [0.2, 0.25) is 10.0 Å². The van der Waals surface area contributed by atoms with Gasteiger partial charge in [0.15, 0.2) is 0 Å². The molecule has 0 spiro atoms. The van der Waals surface area contributed by atoms with Crippen LogP contribution < -0.4 is 4.72 Å². The molecule has 152 valence electrons. The molecule has 1 N–H and O–H groups in total. The highest BCUT2D eigenvalue weighted by Crippen LogP contribution is 2.23. The van der Waals surface area contributed by atoms with Crippen molar-refractivity contribution in [3.05, 3.63) is 77.9 Å². The average Bonchev–Trinajstić information content (AvgIpc) is 2.74. The molecule has 1 aliphatic heterocycles. The molecular formula is C23H26N2O3S. The monoisotopic (exact) mass is 410 g/mol. The lowest BCUT2D eigenvalue weighted by Gasteiger charge is -2.31. The number of nitrogens with one attached hydrogen (secondary N) is 1.